The van der Waals surface area contributed by atoms with E-state index in [1.54, 1.807) is 16.4 Å². The van der Waals surface area contributed by atoms with E-state index in [1.165, 1.54) is 5.56 Å². The van der Waals surface area contributed by atoms with Gasteiger partial charge in [0.2, 0.25) is 10.0 Å². The molecule has 3 aromatic carbocycles. The van der Waals surface area contributed by atoms with Crippen LogP contribution < -0.4 is 5.32 Å². The van der Waals surface area contributed by atoms with Crippen LogP contribution >= 0.6 is 0 Å². The lowest BCUT2D eigenvalue weighted by Gasteiger charge is -2.37. The fourth-order valence-corrected chi connectivity index (χ4v) is 6.48. The molecular formula is C31H37N5O2S. The third-order valence-corrected chi connectivity index (χ3v) is 9.46. The van der Waals surface area contributed by atoms with Crippen molar-refractivity contribution in [2.24, 2.45) is 0 Å². The molecule has 4 aromatic rings. The number of fused-ring (bicyclic) bond motifs is 1. The first-order valence-electron chi connectivity index (χ1n) is 13.7. The van der Waals surface area contributed by atoms with Crippen molar-refractivity contribution < 1.29 is 8.42 Å². The molecule has 0 unspecified atom stereocenters. The zero-order valence-corrected chi connectivity index (χ0v) is 23.7. The number of rotatable bonds is 9. The third kappa shape index (κ3) is 6.13. The molecule has 1 aliphatic rings. The topological polar surface area (TPSA) is 78.4 Å². The SMILES string of the molecule is CC(C)c1ccc(S(=O)(=O)N2CCN([C@@H](C)c3nc(NCCc4ccccc4)c4ccccc4n3)CC2)cc1. The summed E-state index contributed by atoms with van der Waals surface area (Å²) in [5.74, 6) is 1.95. The minimum Gasteiger partial charge on any atom is -0.369 e. The molecule has 8 heteroatoms. The minimum absolute atomic E-state index is 0.0422. The van der Waals surface area contributed by atoms with Gasteiger partial charge in [0, 0.05) is 38.1 Å². The second-order valence-electron chi connectivity index (χ2n) is 10.4. The molecule has 0 radical (unpaired) electrons. The highest BCUT2D eigenvalue weighted by Crippen LogP contribution is 2.27. The minimum atomic E-state index is -3.52. The van der Waals surface area contributed by atoms with Gasteiger partial charge in [-0.15, -0.1) is 0 Å². The number of hydrogen-bond acceptors (Lipinski definition) is 6. The quantitative estimate of drug-likeness (QED) is 0.301. The highest BCUT2D eigenvalue weighted by Gasteiger charge is 2.31. The van der Waals surface area contributed by atoms with Crippen LogP contribution in [0.4, 0.5) is 5.82 Å². The van der Waals surface area contributed by atoms with Crippen LogP contribution in [0, 0.1) is 0 Å². The van der Waals surface area contributed by atoms with Crippen molar-refractivity contribution in [1.29, 1.82) is 0 Å². The summed E-state index contributed by atoms with van der Waals surface area (Å²) in [5, 5.41) is 4.53. The Labute approximate surface area is 232 Å². The molecule has 1 saturated heterocycles. The van der Waals surface area contributed by atoms with E-state index in [2.05, 4.69) is 55.3 Å². The fourth-order valence-electron chi connectivity index (χ4n) is 5.05. The summed E-state index contributed by atoms with van der Waals surface area (Å²) in [7, 11) is -3.52. The second-order valence-corrected chi connectivity index (χ2v) is 12.4. The normalized spacial score (nSPS) is 16.0. The van der Waals surface area contributed by atoms with Crippen molar-refractivity contribution in [2.75, 3.05) is 38.0 Å². The molecule has 1 atom stereocenters. The largest absolute Gasteiger partial charge is 0.369 e. The average molecular weight is 544 g/mol. The molecule has 1 aromatic heterocycles. The number of nitrogens with zero attached hydrogens (tertiary/aromatic N) is 4. The molecule has 204 valence electrons. The lowest BCUT2D eigenvalue weighted by molar-refractivity contribution is 0.141. The first kappa shape index (κ1) is 27.2. The Bertz CT molecular complexity index is 1500. The molecule has 0 amide bonds. The molecule has 0 spiro atoms. The molecule has 0 bridgehead atoms. The number of hydrogen-bond donors (Lipinski definition) is 1. The van der Waals surface area contributed by atoms with Crippen LogP contribution in [0.25, 0.3) is 10.9 Å². The van der Waals surface area contributed by atoms with E-state index in [1.807, 2.05) is 42.5 Å². The van der Waals surface area contributed by atoms with E-state index in [-0.39, 0.29) is 6.04 Å². The van der Waals surface area contributed by atoms with E-state index in [0.717, 1.165) is 41.1 Å². The van der Waals surface area contributed by atoms with Crippen molar-refractivity contribution in [2.45, 2.75) is 44.0 Å². The van der Waals surface area contributed by atoms with Gasteiger partial charge in [-0.25, -0.2) is 18.4 Å². The van der Waals surface area contributed by atoms with Gasteiger partial charge in [-0.1, -0.05) is 68.4 Å². The van der Waals surface area contributed by atoms with E-state index < -0.39 is 10.0 Å². The molecule has 7 nitrogen and oxygen atoms in total. The zero-order valence-electron chi connectivity index (χ0n) is 22.9. The van der Waals surface area contributed by atoms with Crippen molar-refractivity contribution >= 4 is 26.7 Å². The van der Waals surface area contributed by atoms with Crippen LogP contribution in [-0.2, 0) is 16.4 Å². The van der Waals surface area contributed by atoms with E-state index >= 15 is 0 Å². The molecule has 1 N–H and O–H groups in total. The van der Waals surface area contributed by atoms with Crippen molar-refractivity contribution in [1.82, 2.24) is 19.2 Å². The summed E-state index contributed by atoms with van der Waals surface area (Å²) >= 11 is 0. The Balaban J connectivity index is 1.27. The van der Waals surface area contributed by atoms with E-state index in [0.29, 0.717) is 37.0 Å². The number of sulfonamides is 1. The highest BCUT2D eigenvalue weighted by molar-refractivity contribution is 7.89. The van der Waals surface area contributed by atoms with Crippen LogP contribution in [-0.4, -0.2) is 60.3 Å². The number of aromatic nitrogens is 2. The van der Waals surface area contributed by atoms with Gasteiger partial charge in [-0.2, -0.15) is 4.31 Å². The maximum Gasteiger partial charge on any atom is 0.243 e. The Kier molecular flexibility index (Phi) is 8.26. The molecule has 0 saturated carbocycles. The lowest BCUT2D eigenvalue weighted by Crippen LogP contribution is -2.49. The second kappa shape index (κ2) is 11.8. The Morgan fingerprint density at radius 1 is 0.821 bits per heavy atom. The summed E-state index contributed by atoms with van der Waals surface area (Å²) in [6.07, 6.45) is 0.903. The Morgan fingerprint density at radius 2 is 1.49 bits per heavy atom. The Hall–Kier alpha value is -3.33. The number of nitrogens with one attached hydrogen (secondary N) is 1. The first-order valence-corrected chi connectivity index (χ1v) is 15.2. The summed E-state index contributed by atoms with van der Waals surface area (Å²) in [5.41, 5.74) is 3.32. The molecular weight excluding hydrogens is 506 g/mol. The molecule has 5 rings (SSSR count). The molecule has 1 aliphatic heterocycles. The lowest BCUT2D eigenvalue weighted by atomic mass is 10.0. The third-order valence-electron chi connectivity index (χ3n) is 7.55. The molecule has 0 aliphatic carbocycles. The van der Waals surface area contributed by atoms with Gasteiger partial charge in [-0.05, 0) is 54.7 Å². The summed E-state index contributed by atoms with van der Waals surface area (Å²) in [4.78, 5) is 12.5. The zero-order chi connectivity index (χ0) is 27.4. The summed E-state index contributed by atoms with van der Waals surface area (Å²) < 4.78 is 28.2. The van der Waals surface area contributed by atoms with Crippen LogP contribution in [0.1, 0.15) is 49.7 Å². The maximum absolute atomic E-state index is 13.3. The van der Waals surface area contributed by atoms with E-state index in [4.69, 9.17) is 9.97 Å². The van der Waals surface area contributed by atoms with Crippen LogP contribution in [0.2, 0.25) is 0 Å². The number of piperazine rings is 1. The molecule has 39 heavy (non-hydrogen) atoms. The molecule has 2 heterocycles. The highest BCUT2D eigenvalue weighted by atomic mass is 32.2. The van der Waals surface area contributed by atoms with E-state index in [9.17, 15) is 8.42 Å². The first-order chi connectivity index (χ1) is 18.8. The Morgan fingerprint density at radius 3 is 2.18 bits per heavy atom. The van der Waals surface area contributed by atoms with Gasteiger partial charge in [0.1, 0.15) is 11.6 Å². The monoisotopic (exact) mass is 543 g/mol. The summed E-state index contributed by atoms with van der Waals surface area (Å²) in [6, 6.07) is 25.7. The fraction of sp³-hybridized carbons (Fsp3) is 0.355. The predicted octanol–water partition coefficient (Wildman–Crippen LogP) is 5.48. The molecule has 1 fully saturated rings. The maximum atomic E-state index is 13.3. The number of anilines is 1. The summed E-state index contributed by atoms with van der Waals surface area (Å²) in [6.45, 7) is 9.21. The van der Waals surface area contributed by atoms with Gasteiger partial charge >= 0.3 is 0 Å². The van der Waals surface area contributed by atoms with Crippen LogP contribution in [0.5, 0.6) is 0 Å². The smallest absolute Gasteiger partial charge is 0.243 e. The van der Waals surface area contributed by atoms with Crippen molar-refractivity contribution in [3.05, 3.63) is 95.8 Å². The van der Waals surface area contributed by atoms with Crippen LogP contribution in [0.3, 0.4) is 0 Å². The van der Waals surface area contributed by atoms with Gasteiger partial charge in [0.15, 0.2) is 0 Å². The average Bonchev–Trinajstić information content (AvgIpc) is 2.97. The van der Waals surface area contributed by atoms with Gasteiger partial charge in [-0.3, -0.25) is 4.90 Å². The number of benzene rings is 3. The van der Waals surface area contributed by atoms with Gasteiger partial charge in [0.05, 0.1) is 16.5 Å². The standard InChI is InChI=1S/C31H37N5O2S/c1-23(2)26-13-15-27(16-14-26)39(37,38)36-21-19-35(20-22-36)24(3)30-33-29-12-8-7-11-28(29)31(34-30)32-18-17-25-9-5-4-6-10-25/h4-16,23-24H,17-22H2,1-3H3,(H,32,33,34)/t24-/m0/s1. The number of para-hydroxylation sites is 1. The predicted molar refractivity (Wildman–Crippen MR) is 157 cm³/mol. The van der Waals surface area contributed by atoms with Gasteiger partial charge in [0.25, 0.3) is 0 Å². The van der Waals surface area contributed by atoms with Crippen molar-refractivity contribution in [3.63, 3.8) is 0 Å². The van der Waals surface area contributed by atoms with Crippen LogP contribution in [0.15, 0.2) is 83.8 Å². The van der Waals surface area contributed by atoms with Crippen molar-refractivity contribution in [3.8, 4) is 0 Å². The van der Waals surface area contributed by atoms with Gasteiger partial charge < -0.3 is 5.32 Å².